The molecule has 0 aromatic heterocycles. The fraction of sp³-hybridized carbons (Fsp3) is 1.00. The van der Waals surface area contributed by atoms with Crippen molar-refractivity contribution in [2.75, 3.05) is 0 Å². The lowest BCUT2D eigenvalue weighted by atomic mass is 9.69. The Morgan fingerprint density at radius 3 is 1.00 bits per heavy atom. The second-order valence-corrected chi connectivity index (χ2v) is 12.8. The van der Waals surface area contributed by atoms with Gasteiger partial charge in [-0.05, 0) is 123 Å². The first kappa shape index (κ1) is 8.91. The van der Waals surface area contributed by atoms with Crippen molar-refractivity contribution >= 4 is 0 Å². The maximum atomic E-state index is 2.80. The van der Waals surface area contributed by atoms with E-state index in [-0.39, 0.29) is 0 Å². The van der Waals surface area contributed by atoms with Gasteiger partial charge in [0.05, 0.1) is 0 Å². The van der Waals surface area contributed by atoms with E-state index in [1.54, 1.807) is 0 Å². The van der Waals surface area contributed by atoms with E-state index in [2.05, 4.69) is 6.92 Å². The molecule has 0 bridgehead atoms. The summed E-state index contributed by atoms with van der Waals surface area (Å²) in [6.07, 6.45) is 0. The summed E-state index contributed by atoms with van der Waals surface area (Å²) >= 11 is 0. The smallest absolute Gasteiger partial charge is 0.0133 e. The van der Waals surface area contributed by atoms with Crippen LogP contribution in [0.4, 0.5) is 0 Å². The van der Waals surface area contributed by atoms with E-state index in [9.17, 15) is 0 Å². The molecule has 0 nitrogen and oxygen atoms in total. The first-order chi connectivity index (χ1) is 10.9. The molecule has 0 N–H and O–H groups in total. The van der Waals surface area contributed by atoms with E-state index in [4.69, 9.17) is 0 Å². The van der Waals surface area contributed by atoms with Gasteiger partial charge in [-0.25, -0.2) is 0 Å². The molecule has 13 aliphatic rings. The second kappa shape index (κ2) is 1.76. The summed E-state index contributed by atoms with van der Waals surface area (Å²) < 4.78 is 0. The lowest BCUT2D eigenvalue weighted by Crippen LogP contribution is -2.31. The minimum absolute atomic E-state index is 1.01. The van der Waals surface area contributed by atoms with E-state index in [0.717, 1.165) is 10.8 Å². The monoisotopic (exact) mass is 286 g/mol. The number of hydrogen-bond donors (Lipinski definition) is 0. The molecule has 0 aliphatic heterocycles. The highest BCUT2D eigenvalue weighted by Crippen LogP contribution is 3.13. The van der Waals surface area contributed by atoms with Gasteiger partial charge in [0, 0.05) is 0 Å². The Morgan fingerprint density at radius 2 is 0.636 bits per heavy atom. The van der Waals surface area contributed by atoms with Crippen molar-refractivity contribution in [3.8, 4) is 0 Å². The Hall–Kier alpha value is 0. The van der Waals surface area contributed by atoms with Crippen LogP contribution in [-0.4, -0.2) is 0 Å². The Labute approximate surface area is 130 Å². The van der Waals surface area contributed by atoms with Gasteiger partial charge in [-0.15, -0.1) is 0 Å². The average Bonchev–Trinajstić information content (AvgIpc) is 3.13. The van der Waals surface area contributed by atoms with Crippen LogP contribution in [0.5, 0.6) is 0 Å². The topological polar surface area (TPSA) is 0 Å². The lowest BCUT2D eigenvalue weighted by molar-refractivity contribution is 0.118. The van der Waals surface area contributed by atoms with Gasteiger partial charge in [0.2, 0.25) is 0 Å². The largest absolute Gasteiger partial charge is 0.0614 e. The third kappa shape index (κ3) is 0.353. The van der Waals surface area contributed by atoms with Crippen LogP contribution in [0, 0.1) is 123 Å². The van der Waals surface area contributed by atoms with E-state index in [1.807, 2.05) is 0 Å². The first-order valence-electron chi connectivity index (χ1n) is 10.9. The van der Waals surface area contributed by atoms with Gasteiger partial charge in [0.15, 0.2) is 0 Å². The molecule has 2 spiro atoms. The Morgan fingerprint density at radius 1 is 0.364 bits per heavy atom. The molecule has 13 aliphatic carbocycles. The molecule has 0 saturated heterocycles. The Balaban J connectivity index is 1.46. The predicted molar refractivity (Wildman–Crippen MR) is 76.9 cm³/mol. The highest BCUT2D eigenvalue weighted by Gasteiger charge is 3.11. The van der Waals surface area contributed by atoms with Gasteiger partial charge >= 0.3 is 0 Å². The summed E-state index contributed by atoms with van der Waals surface area (Å²) in [4.78, 5) is 0. The number of hydrogen-bond acceptors (Lipinski definition) is 0. The molecule has 0 heteroatoms. The van der Waals surface area contributed by atoms with Crippen LogP contribution in [0.25, 0.3) is 0 Å². The molecule has 21 atom stereocenters. The Kier molecular flexibility index (Phi) is 0.714. The molecule has 0 heterocycles. The van der Waals surface area contributed by atoms with Gasteiger partial charge in [-0.2, -0.15) is 0 Å². The second-order valence-electron chi connectivity index (χ2n) is 12.8. The summed E-state index contributed by atoms with van der Waals surface area (Å²) in [7, 11) is 0. The zero-order valence-electron chi connectivity index (χ0n) is 13.0. The lowest BCUT2D eigenvalue weighted by Gasteiger charge is -2.34. The third-order valence-corrected chi connectivity index (χ3v) is 15.2. The van der Waals surface area contributed by atoms with Gasteiger partial charge in [0.25, 0.3) is 0 Å². The highest BCUT2D eigenvalue weighted by atomic mass is 15.1. The van der Waals surface area contributed by atoms with Crippen LogP contribution in [0.1, 0.15) is 6.92 Å². The van der Waals surface area contributed by atoms with Crippen molar-refractivity contribution in [2.24, 2.45) is 123 Å². The molecule has 22 heavy (non-hydrogen) atoms. The summed E-state index contributed by atoms with van der Waals surface area (Å²) in [5, 5.41) is 0. The van der Waals surface area contributed by atoms with Crippen LogP contribution in [0.3, 0.4) is 0 Å². The van der Waals surface area contributed by atoms with E-state index >= 15 is 0 Å². The fourth-order valence-electron chi connectivity index (χ4n) is 17.6. The normalized spacial score (nSPS) is 111. The van der Waals surface area contributed by atoms with Crippen LogP contribution in [-0.2, 0) is 0 Å². The van der Waals surface area contributed by atoms with Gasteiger partial charge in [-0.1, -0.05) is 6.92 Å². The van der Waals surface area contributed by atoms with Crippen LogP contribution in [0.15, 0.2) is 0 Å². The zero-order valence-corrected chi connectivity index (χ0v) is 13.0. The minimum atomic E-state index is 1.01. The molecule has 0 radical (unpaired) electrons. The standard InChI is InChI=1S/C22H22/c1-2-21-17-11-5-3-4-7-9(5)15(17)19-13(7)14-8(4)10-6(3)12(11)18(21)16(10)20(14)22(2,19)21/h2-20H,1H3/t2?,3?,4?,5-,6-,7-,8+,9?,10?,11-,12+,13+,14+,15?,16?,17-,18+,19+,20-,21?,22?/m1/s1. The maximum absolute atomic E-state index is 2.80. The Bertz CT molecular complexity index is 695. The van der Waals surface area contributed by atoms with Gasteiger partial charge in [0.1, 0.15) is 0 Å². The molecular weight excluding hydrogens is 264 g/mol. The summed E-state index contributed by atoms with van der Waals surface area (Å²) in [6, 6.07) is 0. The van der Waals surface area contributed by atoms with E-state index < -0.39 is 0 Å². The first-order valence-corrected chi connectivity index (χ1v) is 10.9. The van der Waals surface area contributed by atoms with E-state index in [1.165, 1.54) is 112 Å². The maximum Gasteiger partial charge on any atom is -0.0133 e. The highest BCUT2D eigenvalue weighted by molar-refractivity contribution is 5.57. The van der Waals surface area contributed by atoms with Gasteiger partial charge < -0.3 is 0 Å². The average molecular weight is 286 g/mol. The van der Waals surface area contributed by atoms with Crippen molar-refractivity contribution in [3.63, 3.8) is 0 Å². The van der Waals surface area contributed by atoms with Crippen molar-refractivity contribution in [2.45, 2.75) is 6.92 Å². The minimum Gasteiger partial charge on any atom is -0.0614 e. The molecule has 0 amide bonds. The quantitative estimate of drug-likeness (QED) is 0.642. The third-order valence-electron chi connectivity index (χ3n) is 15.2. The van der Waals surface area contributed by atoms with E-state index in [0.29, 0.717) is 0 Å². The van der Waals surface area contributed by atoms with Gasteiger partial charge in [-0.3, -0.25) is 0 Å². The molecule has 13 rings (SSSR count). The molecule has 9 unspecified atom stereocenters. The van der Waals surface area contributed by atoms with Crippen molar-refractivity contribution in [3.05, 3.63) is 0 Å². The van der Waals surface area contributed by atoms with Crippen LogP contribution < -0.4 is 0 Å². The van der Waals surface area contributed by atoms with Crippen LogP contribution >= 0.6 is 0 Å². The van der Waals surface area contributed by atoms with Crippen molar-refractivity contribution in [1.29, 1.82) is 0 Å². The molecule has 0 aromatic rings. The molecule has 110 valence electrons. The summed E-state index contributed by atoms with van der Waals surface area (Å²) in [5.41, 5.74) is 2.01. The SMILES string of the molecule is CC1C23[C@@H]4C5C6[C@H]7C8C9[C@@H]%10C%11C([C@@H]%12[C@@H]%10[C@H]([C@H]69)[C@H]5C1%122)[C@H]3[C@H]([C@H]8%11)[C@H]74. The summed E-state index contributed by atoms with van der Waals surface area (Å²) in [6.45, 7) is 2.80. The number of rotatable bonds is 0. The zero-order chi connectivity index (χ0) is 13.0. The molecular formula is C22H22. The molecule has 0 aromatic carbocycles. The predicted octanol–water partition coefficient (Wildman–Crippen LogP) is 2.85. The van der Waals surface area contributed by atoms with Crippen molar-refractivity contribution < 1.29 is 0 Å². The molecule has 13 fully saturated rings. The summed E-state index contributed by atoms with van der Waals surface area (Å²) in [5.74, 6) is 25.0. The molecule has 13 saturated carbocycles. The fourth-order valence-corrected chi connectivity index (χ4v) is 17.6. The van der Waals surface area contributed by atoms with Crippen LogP contribution in [0.2, 0.25) is 0 Å². The van der Waals surface area contributed by atoms with Crippen molar-refractivity contribution in [1.82, 2.24) is 0 Å².